The zero-order valence-corrected chi connectivity index (χ0v) is 23.0. The predicted molar refractivity (Wildman–Crippen MR) is 145 cm³/mol. The molecule has 0 unspecified atom stereocenters. The van der Waals surface area contributed by atoms with Crippen molar-refractivity contribution in [3.05, 3.63) is 23.4 Å². The van der Waals surface area contributed by atoms with Gasteiger partial charge in [0.1, 0.15) is 5.75 Å². The molecule has 0 amide bonds. The number of likely N-dealkylation sites (tertiary alicyclic amines) is 1. The summed E-state index contributed by atoms with van der Waals surface area (Å²) < 4.78 is 17.6. The van der Waals surface area contributed by atoms with Crippen molar-refractivity contribution < 1.29 is 14.0 Å². The molecule has 0 spiro atoms. The van der Waals surface area contributed by atoms with E-state index in [4.69, 9.17) is 14.0 Å². The number of nitrogens with zero attached hydrogens (tertiary/aromatic N) is 3. The van der Waals surface area contributed by atoms with Gasteiger partial charge in [0.2, 0.25) is 0 Å². The standard InChI is InChI=1S/C27H41N3O3.2ClH/c1-29(2)18-24-26(32-19-22-3-4-22)8-6-23-25(28-33-27(23)24)7-5-20-9-13-30(14-10-20)17-21-11-15-31-16-12-21;;/h6,8,20-22H,3-5,7,9-19H2,1-2H3;2*1H. The molecule has 198 valence electrons. The van der Waals surface area contributed by atoms with Gasteiger partial charge < -0.3 is 23.8 Å². The molecule has 6 nitrogen and oxygen atoms in total. The Labute approximate surface area is 222 Å². The highest BCUT2D eigenvalue weighted by Gasteiger charge is 2.25. The second-order valence-electron chi connectivity index (χ2n) is 10.9. The first-order valence-electron chi connectivity index (χ1n) is 13.1. The van der Waals surface area contributed by atoms with Crippen LogP contribution < -0.4 is 4.74 Å². The minimum absolute atomic E-state index is 0. The molecule has 5 rings (SSSR count). The van der Waals surface area contributed by atoms with Crippen molar-refractivity contribution in [3.8, 4) is 5.75 Å². The molecule has 0 atom stereocenters. The fraction of sp³-hybridized carbons (Fsp3) is 0.741. The molecule has 1 aliphatic carbocycles. The minimum Gasteiger partial charge on any atom is -0.493 e. The van der Waals surface area contributed by atoms with Crippen LogP contribution in [-0.4, -0.2) is 68.5 Å². The number of hydrogen-bond donors (Lipinski definition) is 0. The molecule has 8 heteroatoms. The van der Waals surface area contributed by atoms with E-state index in [-0.39, 0.29) is 24.8 Å². The minimum atomic E-state index is 0. The molecule has 0 radical (unpaired) electrons. The maximum atomic E-state index is 6.17. The quantitative estimate of drug-likeness (QED) is 0.401. The van der Waals surface area contributed by atoms with Gasteiger partial charge in [0, 0.05) is 31.7 Å². The maximum absolute atomic E-state index is 6.17. The fourth-order valence-electron chi connectivity index (χ4n) is 5.46. The van der Waals surface area contributed by atoms with Crippen molar-refractivity contribution in [1.82, 2.24) is 15.0 Å². The first kappa shape index (κ1) is 28.5. The van der Waals surface area contributed by atoms with Crippen LogP contribution in [-0.2, 0) is 17.7 Å². The number of aryl methyl sites for hydroxylation is 1. The summed E-state index contributed by atoms with van der Waals surface area (Å²) in [5.41, 5.74) is 3.17. The van der Waals surface area contributed by atoms with Gasteiger partial charge in [-0.25, -0.2) is 0 Å². The summed E-state index contributed by atoms with van der Waals surface area (Å²) >= 11 is 0. The Kier molecular flexibility index (Phi) is 11.0. The van der Waals surface area contributed by atoms with Crippen LogP contribution in [0.2, 0.25) is 0 Å². The van der Waals surface area contributed by atoms with Crippen LogP contribution in [0.25, 0.3) is 11.0 Å². The lowest BCUT2D eigenvalue weighted by atomic mass is 9.90. The number of piperidine rings is 1. The number of rotatable bonds is 10. The van der Waals surface area contributed by atoms with Crippen LogP contribution in [0.4, 0.5) is 0 Å². The Hall–Kier alpha value is -1.05. The zero-order valence-electron chi connectivity index (χ0n) is 21.4. The molecular weight excluding hydrogens is 485 g/mol. The first-order chi connectivity index (χ1) is 16.2. The maximum Gasteiger partial charge on any atom is 0.175 e. The summed E-state index contributed by atoms with van der Waals surface area (Å²) in [6, 6.07) is 4.30. The van der Waals surface area contributed by atoms with Crippen molar-refractivity contribution in [2.75, 3.05) is 53.6 Å². The van der Waals surface area contributed by atoms with Crippen molar-refractivity contribution in [1.29, 1.82) is 0 Å². The molecule has 1 aromatic carbocycles. The van der Waals surface area contributed by atoms with E-state index < -0.39 is 0 Å². The van der Waals surface area contributed by atoms with Gasteiger partial charge in [-0.05, 0) is 108 Å². The van der Waals surface area contributed by atoms with Crippen molar-refractivity contribution >= 4 is 35.8 Å². The van der Waals surface area contributed by atoms with Gasteiger partial charge in [-0.2, -0.15) is 0 Å². The summed E-state index contributed by atoms with van der Waals surface area (Å²) in [5.74, 6) is 3.33. The SMILES string of the molecule is CN(C)Cc1c(OCC2CC2)ccc2c(CCC3CCN(CC4CCOCC4)CC3)noc12.Cl.Cl. The fourth-order valence-corrected chi connectivity index (χ4v) is 5.46. The lowest BCUT2D eigenvalue weighted by Gasteiger charge is -2.35. The number of benzene rings is 1. The highest BCUT2D eigenvalue weighted by atomic mass is 35.5. The average Bonchev–Trinajstić information content (AvgIpc) is 3.56. The summed E-state index contributed by atoms with van der Waals surface area (Å²) in [4.78, 5) is 4.86. The van der Waals surface area contributed by atoms with Crippen molar-refractivity contribution in [2.45, 2.75) is 57.9 Å². The summed E-state index contributed by atoms with van der Waals surface area (Å²) in [6.07, 6.45) is 9.90. The van der Waals surface area contributed by atoms with E-state index in [1.807, 2.05) is 0 Å². The van der Waals surface area contributed by atoms with E-state index >= 15 is 0 Å². The monoisotopic (exact) mass is 527 g/mol. The van der Waals surface area contributed by atoms with E-state index in [2.05, 4.69) is 41.2 Å². The number of ether oxygens (including phenoxy) is 2. The van der Waals surface area contributed by atoms with Crippen molar-refractivity contribution in [3.63, 3.8) is 0 Å². The van der Waals surface area contributed by atoms with Crippen LogP contribution in [0.1, 0.15) is 56.2 Å². The lowest BCUT2D eigenvalue weighted by molar-refractivity contribution is 0.0465. The van der Waals surface area contributed by atoms with Gasteiger partial charge in [0.05, 0.1) is 17.9 Å². The first-order valence-corrected chi connectivity index (χ1v) is 13.1. The van der Waals surface area contributed by atoms with Gasteiger partial charge >= 0.3 is 0 Å². The van der Waals surface area contributed by atoms with E-state index in [0.29, 0.717) is 0 Å². The predicted octanol–water partition coefficient (Wildman–Crippen LogP) is 5.59. The van der Waals surface area contributed by atoms with Crippen LogP contribution >= 0.6 is 24.8 Å². The van der Waals surface area contributed by atoms with Crippen LogP contribution in [0.15, 0.2) is 16.7 Å². The normalized spacial score (nSPS) is 20.1. The summed E-state index contributed by atoms with van der Waals surface area (Å²) in [5, 5.41) is 5.69. The Bertz CT molecular complexity index is 904. The van der Waals surface area contributed by atoms with Crippen LogP contribution in [0.3, 0.4) is 0 Å². The number of aromatic nitrogens is 1. The van der Waals surface area contributed by atoms with E-state index in [9.17, 15) is 0 Å². The molecule has 2 aromatic rings. The van der Waals surface area contributed by atoms with Crippen LogP contribution in [0, 0.1) is 17.8 Å². The highest BCUT2D eigenvalue weighted by molar-refractivity contribution is 5.86. The van der Waals surface area contributed by atoms with Gasteiger partial charge in [0.25, 0.3) is 0 Å². The topological polar surface area (TPSA) is 51.0 Å². The molecule has 1 saturated carbocycles. The second kappa shape index (κ2) is 13.5. The van der Waals surface area contributed by atoms with Gasteiger partial charge in [0.15, 0.2) is 5.58 Å². The molecule has 2 saturated heterocycles. The van der Waals surface area contributed by atoms with Gasteiger partial charge in [-0.3, -0.25) is 0 Å². The average molecular weight is 529 g/mol. The van der Waals surface area contributed by atoms with E-state index in [1.54, 1.807) is 0 Å². The van der Waals surface area contributed by atoms with Gasteiger partial charge in [-0.1, -0.05) is 5.16 Å². The number of fused-ring (bicyclic) bond motifs is 1. The Morgan fingerprint density at radius 2 is 1.71 bits per heavy atom. The zero-order chi connectivity index (χ0) is 22.6. The number of hydrogen-bond acceptors (Lipinski definition) is 6. The van der Waals surface area contributed by atoms with E-state index in [0.717, 1.165) is 73.1 Å². The second-order valence-corrected chi connectivity index (χ2v) is 10.9. The molecule has 3 aliphatic rings. The Morgan fingerprint density at radius 1 is 0.971 bits per heavy atom. The lowest BCUT2D eigenvalue weighted by Crippen LogP contribution is -2.38. The third-order valence-corrected chi connectivity index (χ3v) is 7.78. The number of halogens is 2. The Morgan fingerprint density at radius 3 is 2.40 bits per heavy atom. The molecule has 0 N–H and O–H groups in total. The molecule has 0 bridgehead atoms. The third kappa shape index (κ3) is 7.72. The molecule has 3 fully saturated rings. The largest absolute Gasteiger partial charge is 0.493 e. The highest BCUT2D eigenvalue weighted by Crippen LogP contribution is 2.35. The molecule has 35 heavy (non-hydrogen) atoms. The summed E-state index contributed by atoms with van der Waals surface area (Å²) in [6.45, 7) is 7.29. The Balaban J connectivity index is 0.00000171. The summed E-state index contributed by atoms with van der Waals surface area (Å²) in [7, 11) is 4.18. The van der Waals surface area contributed by atoms with Crippen LogP contribution in [0.5, 0.6) is 5.75 Å². The molecule has 1 aromatic heterocycles. The van der Waals surface area contributed by atoms with Crippen molar-refractivity contribution in [2.24, 2.45) is 17.8 Å². The molecular formula is C27H43Cl2N3O3. The van der Waals surface area contributed by atoms with Gasteiger partial charge in [-0.15, -0.1) is 24.8 Å². The van der Waals surface area contributed by atoms with E-state index in [1.165, 1.54) is 70.0 Å². The third-order valence-electron chi connectivity index (χ3n) is 7.78. The smallest absolute Gasteiger partial charge is 0.175 e. The molecule has 3 heterocycles. The molecule has 2 aliphatic heterocycles.